The van der Waals surface area contributed by atoms with Crippen molar-refractivity contribution in [3.63, 3.8) is 0 Å². The summed E-state index contributed by atoms with van der Waals surface area (Å²) in [5, 5.41) is 9.10. The van der Waals surface area contributed by atoms with Gasteiger partial charge in [0.25, 0.3) is 0 Å². The molecule has 1 fully saturated rings. The molecule has 1 unspecified atom stereocenters. The zero-order chi connectivity index (χ0) is 12.8. The maximum atomic E-state index is 11.1. The van der Waals surface area contributed by atoms with Crippen LogP contribution in [-0.2, 0) is 9.53 Å². The quantitative estimate of drug-likeness (QED) is 0.821. The molecule has 1 saturated heterocycles. The van der Waals surface area contributed by atoms with Crippen LogP contribution in [0.5, 0.6) is 0 Å². The minimum atomic E-state index is -0.792. The second-order valence-corrected chi connectivity index (χ2v) is 5.29. The van der Waals surface area contributed by atoms with Gasteiger partial charge >= 0.3 is 5.97 Å². The molecule has 0 saturated carbocycles. The lowest BCUT2D eigenvalue weighted by atomic mass is 10.2. The Morgan fingerprint density at radius 3 is 2.94 bits per heavy atom. The molecule has 4 nitrogen and oxygen atoms in total. The van der Waals surface area contributed by atoms with Gasteiger partial charge in [0.1, 0.15) is 6.04 Å². The Bertz CT molecular complexity index is 385. The van der Waals surface area contributed by atoms with Crippen LogP contribution in [0.15, 0.2) is 35.2 Å². The van der Waals surface area contributed by atoms with Crippen LogP contribution < -0.4 is 0 Å². The van der Waals surface area contributed by atoms with Gasteiger partial charge in [0.2, 0.25) is 0 Å². The zero-order valence-electron chi connectivity index (χ0n) is 10.1. The molecule has 0 bridgehead atoms. The Morgan fingerprint density at radius 1 is 1.44 bits per heavy atom. The van der Waals surface area contributed by atoms with Crippen LogP contribution in [0.1, 0.15) is 0 Å². The molecule has 1 N–H and O–H groups in total. The van der Waals surface area contributed by atoms with E-state index in [2.05, 4.69) is 12.1 Å². The zero-order valence-corrected chi connectivity index (χ0v) is 10.9. The molecule has 0 aromatic heterocycles. The van der Waals surface area contributed by atoms with Crippen molar-refractivity contribution >= 4 is 17.7 Å². The van der Waals surface area contributed by atoms with E-state index in [-0.39, 0.29) is 0 Å². The number of benzene rings is 1. The summed E-state index contributed by atoms with van der Waals surface area (Å²) in [6, 6.07) is 9.66. The van der Waals surface area contributed by atoms with Crippen molar-refractivity contribution in [2.75, 3.05) is 32.1 Å². The average molecular weight is 267 g/mol. The molecular formula is C13H17NO3S. The van der Waals surface area contributed by atoms with Crippen molar-refractivity contribution in [2.45, 2.75) is 10.9 Å². The molecule has 1 aliphatic heterocycles. The number of morpholine rings is 1. The first kappa shape index (κ1) is 13.4. The topological polar surface area (TPSA) is 49.8 Å². The molecule has 2 rings (SSSR count). The van der Waals surface area contributed by atoms with E-state index < -0.39 is 12.0 Å². The molecule has 98 valence electrons. The molecular weight excluding hydrogens is 250 g/mol. The molecule has 1 aliphatic rings. The second-order valence-electron chi connectivity index (χ2n) is 4.13. The number of rotatable bonds is 5. The minimum absolute atomic E-state index is 0.297. The summed E-state index contributed by atoms with van der Waals surface area (Å²) in [6.45, 7) is 2.40. The van der Waals surface area contributed by atoms with Crippen molar-refractivity contribution in [3.05, 3.63) is 30.3 Å². The molecule has 1 aromatic rings. The van der Waals surface area contributed by atoms with E-state index in [4.69, 9.17) is 9.84 Å². The predicted molar refractivity (Wildman–Crippen MR) is 71.0 cm³/mol. The van der Waals surface area contributed by atoms with Gasteiger partial charge in [-0.25, -0.2) is 0 Å². The monoisotopic (exact) mass is 267 g/mol. The van der Waals surface area contributed by atoms with Crippen LogP contribution in [0.2, 0.25) is 0 Å². The third-order valence-electron chi connectivity index (χ3n) is 2.91. The summed E-state index contributed by atoms with van der Waals surface area (Å²) < 4.78 is 5.21. The van der Waals surface area contributed by atoms with Crippen LogP contribution >= 0.6 is 11.8 Å². The number of carboxylic acid groups (broad SMARTS) is 1. The number of thioether (sulfide) groups is 1. The van der Waals surface area contributed by atoms with Gasteiger partial charge in [0, 0.05) is 23.7 Å². The van der Waals surface area contributed by atoms with E-state index >= 15 is 0 Å². The van der Waals surface area contributed by atoms with E-state index in [9.17, 15) is 4.79 Å². The van der Waals surface area contributed by atoms with Crippen LogP contribution in [0.25, 0.3) is 0 Å². The average Bonchev–Trinajstić information content (AvgIpc) is 2.40. The number of carbonyl (C=O) groups is 1. The molecule has 0 spiro atoms. The number of hydrogen-bond acceptors (Lipinski definition) is 4. The Morgan fingerprint density at radius 2 is 2.22 bits per heavy atom. The molecule has 0 aliphatic carbocycles. The molecule has 1 atom stereocenters. The fourth-order valence-electron chi connectivity index (χ4n) is 1.93. The Hall–Kier alpha value is -1.04. The maximum absolute atomic E-state index is 11.1. The number of carboxylic acids is 1. The number of hydrogen-bond donors (Lipinski definition) is 1. The second kappa shape index (κ2) is 6.78. The first-order valence-electron chi connectivity index (χ1n) is 6.00. The van der Waals surface area contributed by atoms with Crippen molar-refractivity contribution in [3.8, 4) is 0 Å². The van der Waals surface area contributed by atoms with Crippen LogP contribution in [0, 0.1) is 0 Å². The largest absolute Gasteiger partial charge is 0.480 e. The van der Waals surface area contributed by atoms with Crippen molar-refractivity contribution < 1.29 is 14.6 Å². The van der Waals surface area contributed by atoms with E-state index in [0.717, 1.165) is 12.3 Å². The highest BCUT2D eigenvalue weighted by Gasteiger charge is 2.28. The molecule has 1 aromatic carbocycles. The van der Waals surface area contributed by atoms with Crippen molar-refractivity contribution in [1.29, 1.82) is 0 Å². The smallest absolute Gasteiger partial charge is 0.323 e. The number of aliphatic carboxylic acids is 1. The summed E-state index contributed by atoms with van der Waals surface area (Å²) >= 11 is 1.75. The molecule has 0 radical (unpaired) electrons. The minimum Gasteiger partial charge on any atom is -0.480 e. The normalized spacial score (nSPS) is 20.8. The van der Waals surface area contributed by atoms with Crippen molar-refractivity contribution in [1.82, 2.24) is 4.90 Å². The summed E-state index contributed by atoms with van der Waals surface area (Å²) in [7, 11) is 0. The van der Waals surface area contributed by atoms with Gasteiger partial charge in [-0.05, 0) is 12.1 Å². The van der Waals surface area contributed by atoms with E-state index in [1.54, 1.807) is 11.8 Å². The lowest BCUT2D eigenvalue weighted by Crippen LogP contribution is -2.50. The lowest BCUT2D eigenvalue weighted by Gasteiger charge is -2.32. The first-order chi connectivity index (χ1) is 8.77. The SMILES string of the molecule is O=C(O)C1COCCN1CCSc1ccccc1. The van der Waals surface area contributed by atoms with Crippen molar-refractivity contribution in [2.24, 2.45) is 0 Å². The fraction of sp³-hybridized carbons (Fsp3) is 0.462. The van der Waals surface area contributed by atoms with E-state index in [1.807, 2.05) is 23.1 Å². The molecule has 0 amide bonds. The number of ether oxygens (including phenoxy) is 1. The third-order valence-corrected chi connectivity index (χ3v) is 3.91. The Labute approximate surface area is 111 Å². The van der Waals surface area contributed by atoms with Gasteiger partial charge in [-0.3, -0.25) is 9.69 Å². The third kappa shape index (κ3) is 3.73. The summed E-state index contributed by atoms with van der Waals surface area (Å²) in [6.07, 6.45) is 0. The highest BCUT2D eigenvalue weighted by Crippen LogP contribution is 2.18. The summed E-state index contributed by atoms with van der Waals surface area (Å²) in [4.78, 5) is 14.3. The standard InChI is InChI=1S/C13H17NO3S/c15-13(16)12-10-17-8-6-14(12)7-9-18-11-4-2-1-3-5-11/h1-5,12H,6-10H2,(H,15,16). The summed E-state index contributed by atoms with van der Waals surface area (Å²) in [5.74, 6) is 0.104. The lowest BCUT2D eigenvalue weighted by molar-refractivity contribution is -0.149. The highest BCUT2D eigenvalue weighted by atomic mass is 32.2. The number of nitrogens with zero attached hydrogens (tertiary/aromatic N) is 1. The van der Waals surface area contributed by atoms with Gasteiger partial charge in [-0.2, -0.15) is 0 Å². The predicted octanol–water partition coefficient (Wildman–Crippen LogP) is 1.56. The Balaban J connectivity index is 1.79. The van der Waals surface area contributed by atoms with Gasteiger partial charge in [0.15, 0.2) is 0 Å². The van der Waals surface area contributed by atoms with Gasteiger partial charge in [-0.1, -0.05) is 18.2 Å². The Kier molecular flexibility index (Phi) is 5.04. The van der Waals surface area contributed by atoms with E-state index in [0.29, 0.717) is 19.8 Å². The van der Waals surface area contributed by atoms with Crippen LogP contribution in [-0.4, -0.2) is 54.1 Å². The van der Waals surface area contributed by atoms with Crippen LogP contribution in [0.3, 0.4) is 0 Å². The first-order valence-corrected chi connectivity index (χ1v) is 6.98. The van der Waals surface area contributed by atoms with Gasteiger partial charge in [-0.15, -0.1) is 11.8 Å². The summed E-state index contributed by atoms with van der Waals surface area (Å²) in [5.41, 5.74) is 0. The molecule has 5 heteroatoms. The molecule has 18 heavy (non-hydrogen) atoms. The van der Waals surface area contributed by atoms with Crippen LogP contribution in [0.4, 0.5) is 0 Å². The van der Waals surface area contributed by atoms with Gasteiger partial charge < -0.3 is 9.84 Å². The van der Waals surface area contributed by atoms with E-state index in [1.165, 1.54) is 4.90 Å². The fourth-order valence-corrected chi connectivity index (χ4v) is 2.84. The van der Waals surface area contributed by atoms with Gasteiger partial charge in [0.05, 0.1) is 13.2 Å². The molecule has 1 heterocycles. The highest BCUT2D eigenvalue weighted by molar-refractivity contribution is 7.99. The maximum Gasteiger partial charge on any atom is 0.323 e.